The first kappa shape index (κ1) is 33.4. The molecule has 1 aliphatic heterocycles. The third-order valence-electron chi connectivity index (χ3n) is 8.07. The van der Waals surface area contributed by atoms with Gasteiger partial charge in [-0.2, -0.15) is 0 Å². The summed E-state index contributed by atoms with van der Waals surface area (Å²) in [5.74, 6) is 1.05. The van der Waals surface area contributed by atoms with Crippen molar-refractivity contribution in [2.45, 2.75) is 174 Å². The number of halogens is 1. The Kier molecular flexibility index (Phi) is 27.4. The Morgan fingerprint density at radius 1 is 0.515 bits per heavy atom. The highest BCUT2D eigenvalue weighted by Gasteiger charge is 2.22. The van der Waals surface area contributed by atoms with E-state index in [2.05, 4.69) is 13.8 Å². The Labute approximate surface area is 221 Å². The summed E-state index contributed by atoms with van der Waals surface area (Å²) in [7, 11) is 0. The van der Waals surface area contributed by atoms with E-state index < -0.39 is 0 Å². The van der Waals surface area contributed by atoms with E-state index in [4.69, 9.17) is 0 Å². The predicted octanol–water partition coefficient (Wildman–Crippen LogP) is 6.30. The fourth-order valence-electron chi connectivity index (χ4n) is 5.86. The average Bonchev–Trinajstić information content (AvgIpc) is 2.81. The quantitative estimate of drug-likeness (QED) is 0.140. The summed E-state index contributed by atoms with van der Waals surface area (Å²) in [6, 6.07) is 0. The standard InChI is InChI=1S/C31H63N.BrH/c1-3-5-7-9-11-13-15-17-19-21-23-26-31-27-25-29-32(30-31)28-24-22-20-18-16-14-12-10-8-6-4-2;/h31H,3-30H2,1-2H3;1H. The van der Waals surface area contributed by atoms with Crippen molar-refractivity contribution in [3.63, 3.8) is 0 Å². The highest BCUT2D eigenvalue weighted by molar-refractivity contribution is 4.63. The number of nitrogens with one attached hydrogen (secondary N) is 1. The number of piperidine rings is 1. The minimum atomic E-state index is 0. The fraction of sp³-hybridized carbons (Fsp3) is 1.00. The van der Waals surface area contributed by atoms with E-state index in [-0.39, 0.29) is 17.0 Å². The maximum absolute atomic E-state index is 2.31. The Morgan fingerprint density at radius 2 is 0.909 bits per heavy atom. The first-order valence-corrected chi connectivity index (χ1v) is 15.7. The van der Waals surface area contributed by atoms with Gasteiger partial charge in [0, 0.05) is 5.92 Å². The number of hydrogen-bond acceptors (Lipinski definition) is 0. The molecule has 0 saturated carbocycles. The second kappa shape index (κ2) is 27.0. The van der Waals surface area contributed by atoms with E-state index in [9.17, 15) is 0 Å². The zero-order valence-electron chi connectivity index (χ0n) is 23.3. The molecule has 1 rings (SSSR count). The van der Waals surface area contributed by atoms with Crippen LogP contribution in [0.4, 0.5) is 0 Å². The lowest BCUT2D eigenvalue weighted by molar-refractivity contribution is -0.909. The molecule has 1 nitrogen and oxygen atoms in total. The summed E-state index contributed by atoms with van der Waals surface area (Å²) in [5.41, 5.74) is 0. The molecule has 0 bridgehead atoms. The van der Waals surface area contributed by atoms with Crippen LogP contribution in [0.2, 0.25) is 0 Å². The smallest absolute Gasteiger partial charge is 0.0799 e. The Bertz CT molecular complexity index is 327. The maximum Gasteiger partial charge on any atom is 0.0799 e. The van der Waals surface area contributed by atoms with Gasteiger partial charge in [0.1, 0.15) is 0 Å². The summed E-state index contributed by atoms with van der Waals surface area (Å²) in [6.07, 6.45) is 37.0. The van der Waals surface area contributed by atoms with Crippen molar-refractivity contribution in [1.82, 2.24) is 0 Å². The highest BCUT2D eigenvalue weighted by atomic mass is 79.9. The van der Waals surface area contributed by atoms with Crippen LogP contribution in [-0.2, 0) is 0 Å². The molecule has 1 heterocycles. The van der Waals surface area contributed by atoms with Crippen molar-refractivity contribution in [2.24, 2.45) is 5.92 Å². The van der Waals surface area contributed by atoms with E-state index in [0.717, 1.165) is 5.92 Å². The summed E-state index contributed by atoms with van der Waals surface area (Å²) >= 11 is 0. The van der Waals surface area contributed by atoms with Crippen LogP contribution in [0.15, 0.2) is 0 Å². The number of hydrogen-bond donors (Lipinski definition) is 1. The average molecular weight is 531 g/mol. The highest BCUT2D eigenvalue weighted by Crippen LogP contribution is 2.18. The number of rotatable bonds is 24. The van der Waals surface area contributed by atoms with Gasteiger partial charge >= 0.3 is 0 Å². The maximum atomic E-state index is 2.31. The lowest BCUT2D eigenvalue weighted by Gasteiger charge is -2.30. The number of quaternary nitrogens is 1. The van der Waals surface area contributed by atoms with Crippen molar-refractivity contribution in [3.05, 3.63) is 0 Å². The minimum Gasteiger partial charge on any atom is -1.00 e. The van der Waals surface area contributed by atoms with Crippen LogP contribution < -0.4 is 21.9 Å². The van der Waals surface area contributed by atoms with Gasteiger partial charge in [0.25, 0.3) is 0 Å². The third kappa shape index (κ3) is 22.6. The van der Waals surface area contributed by atoms with Gasteiger partial charge in [0.15, 0.2) is 0 Å². The molecular formula is C31H64BrN. The monoisotopic (exact) mass is 529 g/mol. The first-order valence-electron chi connectivity index (χ1n) is 15.7. The van der Waals surface area contributed by atoms with Gasteiger partial charge in [-0.3, -0.25) is 0 Å². The lowest BCUT2D eigenvalue weighted by Crippen LogP contribution is -3.13. The van der Waals surface area contributed by atoms with E-state index in [1.165, 1.54) is 180 Å². The number of likely N-dealkylation sites (tertiary alicyclic amines) is 1. The number of unbranched alkanes of at least 4 members (excludes halogenated alkanes) is 20. The zero-order valence-corrected chi connectivity index (χ0v) is 24.8. The fourth-order valence-corrected chi connectivity index (χ4v) is 5.86. The van der Waals surface area contributed by atoms with Gasteiger partial charge in [0.2, 0.25) is 0 Å². The summed E-state index contributed by atoms with van der Waals surface area (Å²) < 4.78 is 0. The van der Waals surface area contributed by atoms with E-state index in [1.807, 2.05) is 4.90 Å². The van der Waals surface area contributed by atoms with E-state index in [1.54, 1.807) is 0 Å². The summed E-state index contributed by atoms with van der Waals surface area (Å²) in [5, 5.41) is 0. The van der Waals surface area contributed by atoms with Crippen LogP contribution >= 0.6 is 0 Å². The predicted molar refractivity (Wildman–Crippen MR) is 146 cm³/mol. The van der Waals surface area contributed by atoms with Gasteiger partial charge in [0.05, 0.1) is 19.6 Å². The van der Waals surface area contributed by atoms with Crippen LogP contribution in [0.5, 0.6) is 0 Å². The zero-order chi connectivity index (χ0) is 23.0. The topological polar surface area (TPSA) is 4.44 Å². The van der Waals surface area contributed by atoms with E-state index >= 15 is 0 Å². The molecule has 0 aromatic heterocycles. The molecule has 1 saturated heterocycles. The third-order valence-corrected chi connectivity index (χ3v) is 8.07. The van der Waals surface area contributed by atoms with Gasteiger partial charge < -0.3 is 21.9 Å². The summed E-state index contributed by atoms with van der Waals surface area (Å²) in [6.45, 7) is 9.05. The molecule has 33 heavy (non-hydrogen) atoms. The van der Waals surface area contributed by atoms with Crippen molar-refractivity contribution in [1.29, 1.82) is 0 Å². The van der Waals surface area contributed by atoms with Crippen LogP contribution in [0.25, 0.3) is 0 Å². The minimum absolute atomic E-state index is 0. The second-order valence-electron chi connectivity index (χ2n) is 11.3. The van der Waals surface area contributed by atoms with Gasteiger partial charge in [-0.25, -0.2) is 0 Å². The molecule has 0 spiro atoms. The van der Waals surface area contributed by atoms with Crippen molar-refractivity contribution >= 4 is 0 Å². The Hall–Kier alpha value is 0.440. The van der Waals surface area contributed by atoms with Crippen LogP contribution in [0.1, 0.15) is 174 Å². The molecule has 2 unspecified atom stereocenters. The van der Waals surface area contributed by atoms with Crippen molar-refractivity contribution in [2.75, 3.05) is 19.6 Å². The molecule has 200 valence electrons. The van der Waals surface area contributed by atoms with Crippen LogP contribution in [-0.4, -0.2) is 19.6 Å². The molecule has 2 atom stereocenters. The molecule has 0 aromatic carbocycles. The molecule has 1 aliphatic rings. The van der Waals surface area contributed by atoms with Gasteiger partial charge in [-0.15, -0.1) is 0 Å². The second-order valence-corrected chi connectivity index (χ2v) is 11.3. The molecule has 0 radical (unpaired) electrons. The van der Waals surface area contributed by atoms with Crippen LogP contribution in [0.3, 0.4) is 0 Å². The molecule has 1 fully saturated rings. The Balaban J connectivity index is 0.0000102. The molecule has 1 N–H and O–H groups in total. The first-order chi connectivity index (χ1) is 15.9. The largest absolute Gasteiger partial charge is 1.00 e. The van der Waals surface area contributed by atoms with Gasteiger partial charge in [-0.05, 0) is 32.1 Å². The lowest BCUT2D eigenvalue weighted by atomic mass is 9.92. The molecule has 0 aliphatic carbocycles. The molecule has 0 amide bonds. The van der Waals surface area contributed by atoms with E-state index in [0.29, 0.717) is 0 Å². The molecule has 2 heteroatoms. The normalized spacial score (nSPS) is 18.4. The van der Waals surface area contributed by atoms with Crippen molar-refractivity contribution in [3.8, 4) is 0 Å². The summed E-state index contributed by atoms with van der Waals surface area (Å²) in [4.78, 5) is 1.94. The van der Waals surface area contributed by atoms with Gasteiger partial charge in [-0.1, -0.05) is 142 Å². The SMILES string of the molecule is CCCCCCCCCCCCCC1CCC[NH+](CCCCCCCCCCCCC)C1.[Br-]. The molecular weight excluding hydrogens is 466 g/mol. The Morgan fingerprint density at radius 3 is 1.36 bits per heavy atom. The van der Waals surface area contributed by atoms with Crippen molar-refractivity contribution < 1.29 is 21.9 Å². The van der Waals surface area contributed by atoms with Crippen LogP contribution in [0, 0.1) is 5.92 Å². The molecule has 0 aromatic rings.